The summed E-state index contributed by atoms with van der Waals surface area (Å²) < 4.78 is 0. The van der Waals surface area contributed by atoms with Crippen LogP contribution >= 0.6 is 12.4 Å². The van der Waals surface area contributed by atoms with Crippen LogP contribution in [0, 0.1) is 5.92 Å². The first-order valence-electron chi connectivity index (χ1n) is 4.21. The summed E-state index contributed by atoms with van der Waals surface area (Å²) in [6.07, 6.45) is 3.91. The van der Waals surface area contributed by atoms with Crippen LogP contribution in [-0.2, 0) is 4.79 Å². The first kappa shape index (κ1) is 11.7. The second-order valence-corrected chi connectivity index (χ2v) is 3.23. The van der Waals surface area contributed by atoms with Gasteiger partial charge in [-0.05, 0) is 25.7 Å². The van der Waals surface area contributed by atoms with Gasteiger partial charge in [0.15, 0.2) is 0 Å². The van der Waals surface area contributed by atoms with Crippen LogP contribution in [0.3, 0.4) is 0 Å². The van der Waals surface area contributed by atoms with Gasteiger partial charge in [0.25, 0.3) is 0 Å². The van der Waals surface area contributed by atoms with E-state index in [1.54, 1.807) is 7.05 Å². The number of hydrogen-bond acceptors (Lipinski definition) is 2. The maximum absolute atomic E-state index is 11.1. The van der Waals surface area contributed by atoms with Crippen molar-refractivity contribution in [2.24, 2.45) is 11.7 Å². The minimum Gasteiger partial charge on any atom is -0.359 e. The summed E-state index contributed by atoms with van der Waals surface area (Å²) >= 11 is 0. The van der Waals surface area contributed by atoms with Crippen molar-refractivity contribution >= 4 is 18.3 Å². The Labute approximate surface area is 79.5 Å². The van der Waals surface area contributed by atoms with E-state index in [4.69, 9.17) is 5.73 Å². The van der Waals surface area contributed by atoms with Gasteiger partial charge in [-0.2, -0.15) is 0 Å². The Morgan fingerprint density at radius 1 is 1.33 bits per heavy atom. The number of amides is 1. The van der Waals surface area contributed by atoms with E-state index in [0.29, 0.717) is 6.04 Å². The van der Waals surface area contributed by atoms with E-state index >= 15 is 0 Å². The van der Waals surface area contributed by atoms with Gasteiger partial charge in [-0.1, -0.05) is 0 Å². The smallest absolute Gasteiger partial charge is 0.222 e. The normalized spacial score (nSPS) is 28.8. The third kappa shape index (κ3) is 2.99. The Morgan fingerprint density at radius 3 is 2.25 bits per heavy atom. The molecule has 1 amide bonds. The van der Waals surface area contributed by atoms with Gasteiger partial charge in [-0.3, -0.25) is 4.79 Å². The van der Waals surface area contributed by atoms with E-state index in [9.17, 15) is 4.79 Å². The van der Waals surface area contributed by atoms with Crippen molar-refractivity contribution in [3.63, 3.8) is 0 Å². The van der Waals surface area contributed by atoms with Gasteiger partial charge in [-0.15, -0.1) is 12.4 Å². The lowest BCUT2D eigenvalue weighted by atomic mass is 9.86. The molecule has 72 valence electrons. The summed E-state index contributed by atoms with van der Waals surface area (Å²) in [5.41, 5.74) is 5.71. The average Bonchev–Trinajstić information content (AvgIpc) is 2.05. The highest BCUT2D eigenvalue weighted by Crippen LogP contribution is 2.22. The van der Waals surface area contributed by atoms with E-state index in [0.717, 1.165) is 25.7 Å². The van der Waals surface area contributed by atoms with Crippen LogP contribution in [0.4, 0.5) is 0 Å². The second-order valence-electron chi connectivity index (χ2n) is 3.23. The zero-order chi connectivity index (χ0) is 8.27. The molecule has 1 aliphatic rings. The van der Waals surface area contributed by atoms with E-state index in [2.05, 4.69) is 5.32 Å². The molecule has 0 spiro atoms. The molecule has 0 bridgehead atoms. The fourth-order valence-corrected chi connectivity index (χ4v) is 1.59. The van der Waals surface area contributed by atoms with Gasteiger partial charge in [0, 0.05) is 19.0 Å². The van der Waals surface area contributed by atoms with Gasteiger partial charge >= 0.3 is 0 Å². The summed E-state index contributed by atoms with van der Waals surface area (Å²) in [4.78, 5) is 11.1. The zero-order valence-electron chi connectivity index (χ0n) is 7.38. The highest BCUT2D eigenvalue weighted by atomic mass is 35.5. The molecule has 0 radical (unpaired) electrons. The molecule has 0 aliphatic heterocycles. The fraction of sp³-hybridized carbons (Fsp3) is 0.875. The van der Waals surface area contributed by atoms with Crippen LogP contribution in [0.25, 0.3) is 0 Å². The summed E-state index contributed by atoms with van der Waals surface area (Å²) in [6.45, 7) is 0. The van der Waals surface area contributed by atoms with Crippen molar-refractivity contribution in [3.8, 4) is 0 Å². The summed E-state index contributed by atoms with van der Waals surface area (Å²) in [7, 11) is 1.69. The van der Waals surface area contributed by atoms with Gasteiger partial charge in [0.05, 0.1) is 0 Å². The molecular formula is C8H17ClN2O. The minimum atomic E-state index is 0. The van der Waals surface area contributed by atoms with Crippen LogP contribution in [0.5, 0.6) is 0 Å². The monoisotopic (exact) mass is 192 g/mol. The number of carbonyl (C=O) groups is 1. The first-order valence-corrected chi connectivity index (χ1v) is 4.21. The van der Waals surface area contributed by atoms with Crippen molar-refractivity contribution in [1.29, 1.82) is 0 Å². The predicted octanol–water partition coefficient (Wildman–Crippen LogP) is 0.672. The molecule has 0 aromatic heterocycles. The van der Waals surface area contributed by atoms with Crippen molar-refractivity contribution in [2.75, 3.05) is 7.05 Å². The lowest BCUT2D eigenvalue weighted by molar-refractivity contribution is -0.125. The molecule has 0 heterocycles. The second kappa shape index (κ2) is 5.38. The van der Waals surface area contributed by atoms with Crippen molar-refractivity contribution in [2.45, 2.75) is 31.7 Å². The standard InChI is InChI=1S/C8H16N2O.ClH/c1-10-8(11)6-2-4-7(9)5-3-6;/h6-7H,2-5,9H2,1H3,(H,10,11);1H/t6-,7-;. The average molecular weight is 193 g/mol. The van der Waals surface area contributed by atoms with Crippen LogP contribution in [0.15, 0.2) is 0 Å². The summed E-state index contributed by atoms with van der Waals surface area (Å²) in [5.74, 6) is 0.400. The van der Waals surface area contributed by atoms with Gasteiger partial charge in [0.1, 0.15) is 0 Å². The van der Waals surface area contributed by atoms with E-state index in [1.807, 2.05) is 0 Å². The van der Waals surface area contributed by atoms with Gasteiger partial charge in [-0.25, -0.2) is 0 Å². The first-order chi connectivity index (χ1) is 5.24. The van der Waals surface area contributed by atoms with E-state index < -0.39 is 0 Å². The van der Waals surface area contributed by atoms with Gasteiger partial charge < -0.3 is 11.1 Å². The fourth-order valence-electron chi connectivity index (χ4n) is 1.59. The third-order valence-electron chi connectivity index (χ3n) is 2.39. The van der Waals surface area contributed by atoms with E-state index in [1.165, 1.54) is 0 Å². The van der Waals surface area contributed by atoms with Crippen LogP contribution in [0.1, 0.15) is 25.7 Å². The SMILES string of the molecule is CNC(=O)[C@H]1CC[C@H](N)CC1.Cl. The molecule has 0 saturated heterocycles. The number of halogens is 1. The minimum absolute atomic E-state index is 0. The van der Waals surface area contributed by atoms with Crippen molar-refractivity contribution < 1.29 is 4.79 Å². The highest BCUT2D eigenvalue weighted by Gasteiger charge is 2.23. The predicted molar refractivity (Wildman–Crippen MR) is 51.2 cm³/mol. The molecule has 1 rings (SSSR count). The molecule has 0 unspecified atom stereocenters. The Balaban J connectivity index is 0.00000121. The molecule has 0 aromatic rings. The molecule has 0 aromatic carbocycles. The Hall–Kier alpha value is -0.280. The highest BCUT2D eigenvalue weighted by molar-refractivity contribution is 5.85. The number of hydrogen-bond donors (Lipinski definition) is 2. The lowest BCUT2D eigenvalue weighted by Gasteiger charge is -2.24. The summed E-state index contributed by atoms with van der Waals surface area (Å²) in [6, 6.07) is 0.330. The topological polar surface area (TPSA) is 55.1 Å². The molecule has 3 N–H and O–H groups in total. The molecule has 12 heavy (non-hydrogen) atoms. The molecule has 3 nitrogen and oxygen atoms in total. The molecule has 0 atom stereocenters. The number of rotatable bonds is 1. The maximum Gasteiger partial charge on any atom is 0.222 e. The van der Waals surface area contributed by atoms with Crippen LogP contribution < -0.4 is 11.1 Å². The Morgan fingerprint density at radius 2 is 1.83 bits per heavy atom. The van der Waals surface area contributed by atoms with Crippen LogP contribution in [0.2, 0.25) is 0 Å². The Kier molecular flexibility index (Phi) is 5.25. The molecule has 1 saturated carbocycles. The lowest BCUT2D eigenvalue weighted by Crippen LogP contribution is -2.34. The maximum atomic E-state index is 11.1. The quantitative estimate of drug-likeness (QED) is 0.642. The van der Waals surface area contributed by atoms with Gasteiger partial charge in [0.2, 0.25) is 5.91 Å². The molecule has 4 heteroatoms. The van der Waals surface area contributed by atoms with E-state index in [-0.39, 0.29) is 24.2 Å². The summed E-state index contributed by atoms with van der Waals surface area (Å²) in [5, 5.41) is 2.67. The largest absolute Gasteiger partial charge is 0.359 e. The molecule has 1 fully saturated rings. The number of nitrogens with one attached hydrogen (secondary N) is 1. The Bertz CT molecular complexity index is 144. The zero-order valence-corrected chi connectivity index (χ0v) is 8.19. The van der Waals surface area contributed by atoms with Crippen molar-refractivity contribution in [3.05, 3.63) is 0 Å². The van der Waals surface area contributed by atoms with Crippen LogP contribution in [-0.4, -0.2) is 19.0 Å². The number of carbonyl (C=O) groups excluding carboxylic acids is 1. The molecule has 1 aliphatic carbocycles. The third-order valence-corrected chi connectivity index (χ3v) is 2.39. The van der Waals surface area contributed by atoms with Crippen molar-refractivity contribution in [1.82, 2.24) is 5.32 Å². The number of nitrogens with two attached hydrogens (primary N) is 1. The molecular weight excluding hydrogens is 176 g/mol.